The quantitative estimate of drug-likeness (QED) is 0.647. The van der Waals surface area contributed by atoms with Gasteiger partial charge < -0.3 is 5.32 Å². The van der Waals surface area contributed by atoms with Gasteiger partial charge in [-0.05, 0) is 24.3 Å². The summed E-state index contributed by atoms with van der Waals surface area (Å²) in [6.45, 7) is 2.26. The van der Waals surface area contributed by atoms with Crippen LogP contribution in [-0.4, -0.2) is 29.2 Å². The summed E-state index contributed by atoms with van der Waals surface area (Å²) < 4.78 is 0. The number of carbonyl (C=O) groups is 3. The second-order valence-electron chi connectivity index (χ2n) is 4.08. The molecule has 1 aromatic carbocycles. The minimum absolute atomic E-state index is 0.0769. The maximum absolute atomic E-state index is 11.8. The molecule has 1 aromatic rings. The van der Waals surface area contributed by atoms with Crippen molar-refractivity contribution < 1.29 is 14.4 Å². The van der Waals surface area contributed by atoms with Gasteiger partial charge in [0.25, 0.3) is 5.91 Å². The van der Waals surface area contributed by atoms with E-state index in [1.54, 1.807) is 31.2 Å². The molecule has 0 bridgehead atoms. The fourth-order valence-electron chi connectivity index (χ4n) is 1.63. The number of likely N-dealkylation sites (tertiary alicyclic amines) is 1. The molecule has 2 rings (SSSR count). The lowest BCUT2D eigenvalue weighted by atomic mass is 10.1. The highest BCUT2D eigenvalue weighted by molar-refractivity contribution is 6.07. The van der Waals surface area contributed by atoms with E-state index in [9.17, 15) is 14.4 Å². The largest absolute Gasteiger partial charge is 0.326 e. The average molecular weight is 246 g/mol. The third kappa shape index (κ3) is 2.40. The van der Waals surface area contributed by atoms with E-state index < -0.39 is 0 Å². The van der Waals surface area contributed by atoms with Crippen LogP contribution in [0.4, 0.5) is 5.69 Å². The van der Waals surface area contributed by atoms with Crippen molar-refractivity contribution >= 4 is 23.4 Å². The molecule has 0 unspecified atom stereocenters. The Labute approximate surface area is 105 Å². The summed E-state index contributed by atoms with van der Waals surface area (Å²) in [5, 5.41) is 2.69. The van der Waals surface area contributed by atoms with E-state index in [-0.39, 0.29) is 17.7 Å². The van der Waals surface area contributed by atoms with Crippen LogP contribution in [0.5, 0.6) is 0 Å². The molecule has 5 nitrogen and oxygen atoms in total. The molecule has 0 radical (unpaired) electrons. The van der Waals surface area contributed by atoms with Gasteiger partial charge in [0, 0.05) is 30.6 Å². The molecule has 18 heavy (non-hydrogen) atoms. The number of benzene rings is 1. The number of amides is 3. The number of imide groups is 1. The fourth-order valence-corrected chi connectivity index (χ4v) is 1.63. The summed E-state index contributed by atoms with van der Waals surface area (Å²) in [5.74, 6) is -0.491. The average Bonchev–Trinajstić information content (AvgIpc) is 2.37. The van der Waals surface area contributed by atoms with Gasteiger partial charge in [-0.1, -0.05) is 6.92 Å². The van der Waals surface area contributed by atoms with Gasteiger partial charge >= 0.3 is 0 Å². The van der Waals surface area contributed by atoms with E-state index in [0.717, 1.165) is 0 Å². The van der Waals surface area contributed by atoms with Crippen LogP contribution in [0.1, 0.15) is 30.1 Å². The van der Waals surface area contributed by atoms with E-state index >= 15 is 0 Å². The Hall–Kier alpha value is -2.17. The lowest BCUT2D eigenvalue weighted by Gasteiger charge is -2.28. The molecule has 0 saturated carbocycles. The van der Waals surface area contributed by atoms with Gasteiger partial charge in [0.15, 0.2) is 0 Å². The third-order valence-electron chi connectivity index (χ3n) is 2.83. The molecule has 94 valence electrons. The Balaban J connectivity index is 2.05. The number of hydrogen-bond acceptors (Lipinski definition) is 3. The first kappa shape index (κ1) is 12.3. The molecule has 1 N–H and O–H groups in total. The van der Waals surface area contributed by atoms with Gasteiger partial charge in [-0.15, -0.1) is 0 Å². The Morgan fingerprint density at radius 1 is 1.28 bits per heavy atom. The van der Waals surface area contributed by atoms with Gasteiger partial charge in [-0.2, -0.15) is 0 Å². The summed E-state index contributed by atoms with van der Waals surface area (Å²) in [4.78, 5) is 35.4. The minimum atomic E-state index is -0.278. The maximum atomic E-state index is 11.8. The lowest BCUT2D eigenvalue weighted by Crippen LogP contribution is -2.47. The van der Waals surface area contributed by atoms with Gasteiger partial charge in [0.05, 0.1) is 0 Å². The Morgan fingerprint density at radius 2 is 1.94 bits per heavy atom. The Bertz CT molecular complexity index is 493. The zero-order valence-electron chi connectivity index (χ0n) is 10.1. The number of anilines is 1. The lowest BCUT2D eigenvalue weighted by molar-refractivity contribution is -0.136. The van der Waals surface area contributed by atoms with Crippen LogP contribution in [0.3, 0.4) is 0 Å². The van der Waals surface area contributed by atoms with Crippen LogP contribution in [0.25, 0.3) is 0 Å². The summed E-state index contributed by atoms with van der Waals surface area (Å²) in [6.07, 6.45) is 0.847. The van der Waals surface area contributed by atoms with Crippen molar-refractivity contribution in [2.45, 2.75) is 19.8 Å². The first-order chi connectivity index (χ1) is 8.61. The standard InChI is InChI=1S/C13H14N2O3/c1-2-11(16)14-10-5-3-9(4-6-10)13(18)15-8-7-12(15)17/h3-6H,2,7-8H2,1H3,(H,14,16). The van der Waals surface area contributed by atoms with Gasteiger partial charge in [-0.25, -0.2) is 0 Å². The number of rotatable bonds is 3. The van der Waals surface area contributed by atoms with Crippen LogP contribution in [0.2, 0.25) is 0 Å². The molecule has 0 aromatic heterocycles. The van der Waals surface area contributed by atoms with Crippen molar-refractivity contribution in [2.24, 2.45) is 0 Å². The zero-order chi connectivity index (χ0) is 13.1. The summed E-state index contributed by atoms with van der Waals surface area (Å²) >= 11 is 0. The molecule has 3 amide bonds. The molecule has 1 saturated heterocycles. The third-order valence-corrected chi connectivity index (χ3v) is 2.83. The van der Waals surface area contributed by atoms with Crippen LogP contribution in [-0.2, 0) is 9.59 Å². The van der Waals surface area contributed by atoms with Crippen molar-refractivity contribution in [1.82, 2.24) is 4.90 Å². The molecule has 1 heterocycles. The van der Waals surface area contributed by atoms with E-state index in [1.807, 2.05) is 0 Å². The molecule has 0 spiro atoms. The van der Waals surface area contributed by atoms with Crippen LogP contribution in [0, 0.1) is 0 Å². The van der Waals surface area contributed by atoms with Crippen LogP contribution < -0.4 is 5.32 Å². The predicted molar refractivity (Wildman–Crippen MR) is 66.0 cm³/mol. The number of hydrogen-bond donors (Lipinski definition) is 1. The highest BCUT2D eigenvalue weighted by Gasteiger charge is 2.30. The van der Waals surface area contributed by atoms with Crippen molar-refractivity contribution in [3.63, 3.8) is 0 Å². The topological polar surface area (TPSA) is 66.5 Å². The number of carbonyl (C=O) groups excluding carboxylic acids is 3. The van der Waals surface area contributed by atoms with E-state index in [0.29, 0.717) is 30.6 Å². The number of nitrogens with zero attached hydrogens (tertiary/aromatic N) is 1. The molecular formula is C13H14N2O3. The second-order valence-corrected chi connectivity index (χ2v) is 4.08. The van der Waals surface area contributed by atoms with E-state index in [2.05, 4.69) is 5.32 Å². The Morgan fingerprint density at radius 3 is 2.39 bits per heavy atom. The Kier molecular flexibility index (Phi) is 3.41. The molecule has 0 atom stereocenters. The first-order valence-corrected chi connectivity index (χ1v) is 5.86. The summed E-state index contributed by atoms with van der Waals surface area (Å²) in [6, 6.07) is 6.54. The molecule has 1 aliphatic rings. The van der Waals surface area contributed by atoms with Crippen molar-refractivity contribution in [2.75, 3.05) is 11.9 Å². The highest BCUT2D eigenvalue weighted by Crippen LogP contribution is 2.16. The first-order valence-electron chi connectivity index (χ1n) is 5.86. The highest BCUT2D eigenvalue weighted by atomic mass is 16.2. The minimum Gasteiger partial charge on any atom is -0.326 e. The predicted octanol–water partition coefficient (Wildman–Crippen LogP) is 1.41. The van der Waals surface area contributed by atoms with E-state index in [4.69, 9.17) is 0 Å². The fraction of sp³-hybridized carbons (Fsp3) is 0.308. The van der Waals surface area contributed by atoms with Gasteiger partial charge in [0.2, 0.25) is 11.8 Å². The molecule has 1 aliphatic heterocycles. The van der Waals surface area contributed by atoms with Gasteiger partial charge in [-0.3, -0.25) is 19.3 Å². The maximum Gasteiger partial charge on any atom is 0.260 e. The van der Waals surface area contributed by atoms with Crippen molar-refractivity contribution in [1.29, 1.82) is 0 Å². The van der Waals surface area contributed by atoms with Crippen molar-refractivity contribution in [3.05, 3.63) is 29.8 Å². The summed E-state index contributed by atoms with van der Waals surface area (Å²) in [5.41, 5.74) is 1.10. The SMILES string of the molecule is CCC(=O)Nc1ccc(C(=O)N2CCC2=O)cc1. The molecule has 1 fully saturated rings. The smallest absolute Gasteiger partial charge is 0.260 e. The van der Waals surface area contributed by atoms with E-state index in [1.165, 1.54) is 4.90 Å². The number of β-lactam (4-membered cyclic amide) rings is 1. The summed E-state index contributed by atoms with van der Waals surface area (Å²) in [7, 11) is 0. The van der Waals surface area contributed by atoms with Crippen LogP contribution in [0.15, 0.2) is 24.3 Å². The number of nitrogens with one attached hydrogen (secondary N) is 1. The molecule has 5 heteroatoms. The van der Waals surface area contributed by atoms with Crippen LogP contribution >= 0.6 is 0 Å². The second kappa shape index (κ2) is 5.00. The molecule has 0 aliphatic carbocycles. The van der Waals surface area contributed by atoms with Crippen molar-refractivity contribution in [3.8, 4) is 0 Å². The normalized spacial score (nSPS) is 14.1. The zero-order valence-corrected chi connectivity index (χ0v) is 10.1. The monoisotopic (exact) mass is 246 g/mol. The molecular weight excluding hydrogens is 232 g/mol. The van der Waals surface area contributed by atoms with Gasteiger partial charge in [0.1, 0.15) is 0 Å².